The summed E-state index contributed by atoms with van der Waals surface area (Å²) in [6.07, 6.45) is 1.58. The summed E-state index contributed by atoms with van der Waals surface area (Å²) in [4.78, 5) is 14.5. The van der Waals surface area contributed by atoms with Crippen LogP contribution in [0.3, 0.4) is 0 Å². The van der Waals surface area contributed by atoms with Crippen LogP contribution in [0.4, 0.5) is 0 Å². The van der Waals surface area contributed by atoms with E-state index in [4.69, 9.17) is 4.74 Å². The van der Waals surface area contributed by atoms with Crippen LogP contribution in [-0.2, 0) is 4.79 Å². The van der Waals surface area contributed by atoms with Crippen molar-refractivity contribution in [3.05, 3.63) is 29.3 Å². The standard InChI is InChI=1S/C19H30N2O2.ClH/c1-13(2)18-7-6-17(12-14(18)3)23-15(4)19(22)21-10-8-16(20-5)9-11-21;/h6-7,12-13,15-16,20H,8-11H2,1-5H3;1H. The third-order valence-corrected chi connectivity index (χ3v) is 4.74. The molecule has 0 radical (unpaired) electrons. The molecule has 0 saturated carbocycles. The van der Waals surface area contributed by atoms with Crippen molar-refractivity contribution in [2.75, 3.05) is 20.1 Å². The first-order valence-electron chi connectivity index (χ1n) is 8.65. The average molecular weight is 355 g/mol. The summed E-state index contributed by atoms with van der Waals surface area (Å²) in [6, 6.07) is 6.64. The molecule has 0 aliphatic carbocycles. The van der Waals surface area contributed by atoms with Gasteiger partial charge in [-0.1, -0.05) is 19.9 Å². The predicted octanol–water partition coefficient (Wildman–Crippen LogP) is 3.52. The second-order valence-corrected chi connectivity index (χ2v) is 6.82. The van der Waals surface area contributed by atoms with Crippen LogP contribution >= 0.6 is 12.4 Å². The third-order valence-electron chi connectivity index (χ3n) is 4.74. The molecular weight excluding hydrogens is 324 g/mol. The van der Waals surface area contributed by atoms with E-state index in [1.54, 1.807) is 0 Å². The van der Waals surface area contributed by atoms with Gasteiger partial charge in [0.1, 0.15) is 5.75 Å². The van der Waals surface area contributed by atoms with Crippen LogP contribution in [0.5, 0.6) is 5.75 Å². The fourth-order valence-corrected chi connectivity index (χ4v) is 3.27. The molecule has 1 aliphatic rings. The van der Waals surface area contributed by atoms with Crippen molar-refractivity contribution in [1.29, 1.82) is 0 Å². The number of piperidine rings is 1. The molecule has 1 unspecified atom stereocenters. The number of halogens is 1. The van der Waals surface area contributed by atoms with Crippen molar-refractivity contribution < 1.29 is 9.53 Å². The van der Waals surface area contributed by atoms with E-state index in [1.165, 1.54) is 11.1 Å². The summed E-state index contributed by atoms with van der Waals surface area (Å²) in [5.41, 5.74) is 2.54. The van der Waals surface area contributed by atoms with Gasteiger partial charge in [-0.05, 0) is 62.9 Å². The molecule has 0 bridgehead atoms. The first-order valence-corrected chi connectivity index (χ1v) is 8.65. The fourth-order valence-electron chi connectivity index (χ4n) is 3.27. The lowest BCUT2D eigenvalue weighted by atomic mass is 9.98. The van der Waals surface area contributed by atoms with Crippen LogP contribution in [0.15, 0.2) is 18.2 Å². The van der Waals surface area contributed by atoms with E-state index < -0.39 is 6.10 Å². The lowest BCUT2D eigenvalue weighted by Crippen LogP contribution is -2.48. The van der Waals surface area contributed by atoms with Crippen molar-refractivity contribution in [3.63, 3.8) is 0 Å². The minimum absolute atomic E-state index is 0. The number of amides is 1. The maximum absolute atomic E-state index is 12.5. The molecule has 2 rings (SSSR count). The summed E-state index contributed by atoms with van der Waals surface area (Å²) in [6.45, 7) is 9.93. The molecule has 136 valence electrons. The average Bonchev–Trinajstić information content (AvgIpc) is 2.54. The van der Waals surface area contributed by atoms with Crippen LogP contribution in [0.25, 0.3) is 0 Å². The number of rotatable bonds is 5. The van der Waals surface area contributed by atoms with E-state index in [-0.39, 0.29) is 18.3 Å². The lowest BCUT2D eigenvalue weighted by molar-refractivity contribution is -0.139. The first-order chi connectivity index (χ1) is 10.9. The van der Waals surface area contributed by atoms with Gasteiger partial charge in [-0.25, -0.2) is 0 Å². The number of nitrogens with one attached hydrogen (secondary N) is 1. The molecule has 1 N–H and O–H groups in total. The molecular formula is C19H31ClN2O2. The van der Waals surface area contributed by atoms with Crippen LogP contribution < -0.4 is 10.1 Å². The first kappa shape index (κ1) is 20.8. The van der Waals surface area contributed by atoms with Crippen LogP contribution in [-0.4, -0.2) is 43.1 Å². The van der Waals surface area contributed by atoms with Gasteiger partial charge in [0.25, 0.3) is 5.91 Å². The molecule has 1 heterocycles. The van der Waals surface area contributed by atoms with Gasteiger partial charge in [-0.15, -0.1) is 12.4 Å². The minimum atomic E-state index is -0.439. The van der Waals surface area contributed by atoms with E-state index >= 15 is 0 Å². The Kier molecular flexibility index (Phi) is 8.04. The van der Waals surface area contributed by atoms with Gasteiger partial charge in [0.15, 0.2) is 6.10 Å². The van der Waals surface area contributed by atoms with Gasteiger partial charge in [-0.2, -0.15) is 0 Å². The van der Waals surface area contributed by atoms with E-state index in [9.17, 15) is 4.79 Å². The second kappa shape index (κ2) is 9.28. The quantitative estimate of drug-likeness (QED) is 0.879. The van der Waals surface area contributed by atoms with Crippen molar-refractivity contribution >= 4 is 18.3 Å². The van der Waals surface area contributed by atoms with E-state index in [1.807, 2.05) is 31.0 Å². The second-order valence-electron chi connectivity index (χ2n) is 6.82. The Morgan fingerprint density at radius 1 is 1.25 bits per heavy atom. The topological polar surface area (TPSA) is 41.6 Å². The number of hydrogen-bond donors (Lipinski definition) is 1. The molecule has 1 atom stereocenters. The minimum Gasteiger partial charge on any atom is -0.481 e. The summed E-state index contributed by atoms with van der Waals surface area (Å²) in [5.74, 6) is 1.36. The Bertz CT molecular complexity index is 540. The number of likely N-dealkylation sites (tertiary alicyclic amines) is 1. The highest BCUT2D eigenvalue weighted by molar-refractivity contribution is 5.85. The molecule has 1 aliphatic heterocycles. The maximum atomic E-state index is 12.5. The SMILES string of the molecule is CNC1CCN(C(=O)C(C)Oc2ccc(C(C)C)c(C)c2)CC1.Cl. The zero-order valence-electron chi connectivity index (χ0n) is 15.5. The molecule has 5 heteroatoms. The zero-order valence-corrected chi connectivity index (χ0v) is 16.3. The summed E-state index contributed by atoms with van der Waals surface area (Å²) >= 11 is 0. The Morgan fingerprint density at radius 3 is 2.38 bits per heavy atom. The number of hydrogen-bond acceptors (Lipinski definition) is 3. The Balaban J connectivity index is 0.00000288. The number of nitrogens with zero attached hydrogens (tertiary/aromatic N) is 1. The Morgan fingerprint density at radius 2 is 1.88 bits per heavy atom. The third kappa shape index (κ3) is 5.12. The highest BCUT2D eigenvalue weighted by atomic mass is 35.5. The fraction of sp³-hybridized carbons (Fsp3) is 0.632. The summed E-state index contributed by atoms with van der Waals surface area (Å²) in [7, 11) is 1.98. The Labute approximate surface area is 152 Å². The summed E-state index contributed by atoms with van der Waals surface area (Å²) in [5, 5.41) is 3.28. The monoisotopic (exact) mass is 354 g/mol. The molecule has 1 amide bonds. The largest absolute Gasteiger partial charge is 0.481 e. The van der Waals surface area contributed by atoms with Crippen molar-refractivity contribution in [1.82, 2.24) is 10.2 Å². The van der Waals surface area contributed by atoms with Crippen LogP contribution in [0.2, 0.25) is 0 Å². The molecule has 1 saturated heterocycles. The normalized spacial score (nSPS) is 16.7. The van der Waals surface area contributed by atoms with Crippen molar-refractivity contribution in [2.45, 2.75) is 58.6 Å². The zero-order chi connectivity index (χ0) is 17.0. The molecule has 1 aromatic rings. The van der Waals surface area contributed by atoms with E-state index in [0.29, 0.717) is 12.0 Å². The van der Waals surface area contributed by atoms with E-state index in [2.05, 4.69) is 32.2 Å². The van der Waals surface area contributed by atoms with Crippen molar-refractivity contribution in [3.8, 4) is 5.75 Å². The number of aryl methyl sites for hydroxylation is 1. The number of ether oxygens (including phenoxy) is 1. The highest BCUT2D eigenvalue weighted by Gasteiger charge is 2.26. The van der Waals surface area contributed by atoms with Gasteiger partial charge < -0.3 is 15.0 Å². The molecule has 4 nitrogen and oxygen atoms in total. The molecule has 1 aromatic carbocycles. The lowest BCUT2D eigenvalue weighted by Gasteiger charge is -2.33. The van der Waals surface area contributed by atoms with Gasteiger partial charge in [0.2, 0.25) is 0 Å². The molecule has 1 fully saturated rings. The number of benzene rings is 1. The summed E-state index contributed by atoms with van der Waals surface area (Å²) < 4.78 is 5.89. The van der Waals surface area contributed by atoms with Crippen molar-refractivity contribution in [2.24, 2.45) is 0 Å². The van der Waals surface area contributed by atoms with Gasteiger partial charge in [0, 0.05) is 19.1 Å². The van der Waals surface area contributed by atoms with E-state index in [0.717, 1.165) is 31.7 Å². The molecule has 24 heavy (non-hydrogen) atoms. The highest BCUT2D eigenvalue weighted by Crippen LogP contribution is 2.24. The van der Waals surface area contributed by atoms with Crippen LogP contribution in [0.1, 0.15) is 50.7 Å². The van der Waals surface area contributed by atoms with Gasteiger partial charge >= 0.3 is 0 Å². The number of carbonyl (C=O) groups excluding carboxylic acids is 1. The predicted molar refractivity (Wildman–Crippen MR) is 101 cm³/mol. The van der Waals surface area contributed by atoms with Crippen LogP contribution in [0, 0.1) is 6.92 Å². The maximum Gasteiger partial charge on any atom is 0.263 e. The van der Waals surface area contributed by atoms with Gasteiger partial charge in [0.05, 0.1) is 0 Å². The number of carbonyl (C=O) groups is 1. The molecule has 0 aromatic heterocycles. The Hall–Kier alpha value is -1.26. The molecule has 0 spiro atoms. The smallest absolute Gasteiger partial charge is 0.263 e. The van der Waals surface area contributed by atoms with Gasteiger partial charge in [-0.3, -0.25) is 4.79 Å².